The Morgan fingerprint density at radius 1 is 1.15 bits per heavy atom. The van der Waals surface area contributed by atoms with Gasteiger partial charge in [0.05, 0.1) is 18.2 Å². The second kappa shape index (κ2) is 4.06. The molecule has 3 N–H and O–H groups in total. The lowest BCUT2D eigenvalue weighted by atomic mass is 9.41. The van der Waals surface area contributed by atoms with E-state index in [1.807, 2.05) is 0 Å². The first-order valence-electron chi connectivity index (χ1n) is 10.9. The first kappa shape index (κ1) is 15.7. The molecule has 5 saturated carbocycles. The van der Waals surface area contributed by atoms with Crippen molar-refractivity contribution in [2.24, 2.45) is 34.5 Å². The van der Waals surface area contributed by atoms with Crippen LogP contribution in [0.15, 0.2) is 0 Å². The fraction of sp³-hybridized carbons (Fsp3) is 1.00. The maximum atomic E-state index is 12.2. The zero-order valence-electron chi connectivity index (χ0n) is 15.8. The van der Waals surface area contributed by atoms with Crippen LogP contribution in [-0.4, -0.2) is 62.4 Å². The molecule has 5 aliphatic carbocycles. The smallest absolute Gasteiger partial charge is 0.117 e. The molecule has 1 spiro atoms. The molecule has 4 aliphatic heterocycles. The van der Waals surface area contributed by atoms with Crippen LogP contribution in [-0.2, 0) is 4.74 Å². The standard InChI is InChI=1S/C21H31NO4/c1-3-22-16-20(25)9-12-18(2)6-5-13(26-17(18)22)21(12,16)11-8-10-4-7-19(20,24)14(11)15(10)23/h10-17,23-25H,3-9H2,1-2H3/t10-,11+,12+,13-,14+,15-,16+,17+,18+,19+,20+,21+/m0/s1. The van der Waals surface area contributed by atoms with Crippen LogP contribution in [0.2, 0.25) is 0 Å². The van der Waals surface area contributed by atoms with E-state index in [0.717, 1.165) is 32.2 Å². The van der Waals surface area contributed by atoms with Crippen LogP contribution in [0.4, 0.5) is 0 Å². The lowest BCUT2D eigenvalue weighted by molar-refractivity contribution is -0.403. The van der Waals surface area contributed by atoms with Crippen LogP contribution < -0.4 is 0 Å². The van der Waals surface area contributed by atoms with E-state index >= 15 is 0 Å². The van der Waals surface area contributed by atoms with Crippen molar-refractivity contribution in [1.82, 2.24) is 4.90 Å². The van der Waals surface area contributed by atoms with Crippen molar-refractivity contribution in [3.8, 4) is 0 Å². The van der Waals surface area contributed by atoms with Gasteiger partial charge in [-0.25, -0.2) is 0 Å². The summed E-state index contributed by atoms with van der Waals surface area (Å²) in [6.45, 7) is 5.41. The molecule has 4 heterocycles. The van der Waals surface area contributed by atoms with E-state index in [9.17, 15) is 15.3 Å². The van der Waals surface area contributed by atoms with E-state index < -0.39 is 17.3 Å². The molecule has 9 rings (SSSR count). The van der Waals surface area contributed by atoms with E-state index in [-0.39, 0.29) is 41.0 Å². The van der Waals surface area contributed by atoms with E-state index in [1.165, 1.54) is 0 Å². The van der Waals surface area contributed by atoms with Gasteiger partial charge in [0.2, 0.25) is 0 Å². The van der Waals surface area contributed by atoms with Gasteiger partial charge < -0.3 is 20.1 Å². The van der Waals surface area contributed by atoms with Crippen molar-refractivity contribution in [2.75, 3.05) is 6.54 Å². The van der Waals surface area contributed by atoms with Gasteiger partial charge in [-0.15, -0.1) is 0 Å². The second-order valence-corrected chi connectivity index (χ2v) is 11.0. The van der Waals surface area contributed by atoms with E-state index in [1.54, 1.807) is 0 Å². The largest absolute Gasteiger partial charge is 0.392 e. The van der Waals surface area contributed by atoms with Gasteiger partial charge in [0.1, 0.15) is 17.4 Å². The van der Waals surface area contributed by atoms with Crippen LogP contribution in [0.3, 0.4) is 0 Å². The monoisotopic (exact) mass is 361 g/mol. The number of aliphatic hydroxyl groups is 3. The quantitative estimate of drug-likeness (QED) is 0.652. The summed E-state index contributed by atoms with van der Waals surface area (Å²) in [4.78, 5) is 2.42. The maximum absolute atomic E-state index is 12.2. The first-order valence-corrected chi connectivity index (χ1v) is 10.9. The van der Waals surface area contributed by atoms with Gasteiger partial charge in [0.15, 0.2) is 0 Å². The second-order valence-electron chi connectivity index (χ2n) is 11.0. The fourth-order valence-corrected chi connectivity index (χ4v) is 10.3. The number of aliphatic hydroxyl groups excluding tert-OH is 1. The van der Waals surface area contributed by atoms with E-state index in [0.29, 0.717) is 24.7 Å². The molecule has 9 aliphatic rings. The minimum atomic E-state index is -1.14. The van der Waals surface area contributed by atoms with Crippen molar-refractivity contribution in [1.29, 1.82) is 0 Å². The molecule has 0 aromatic carbocycles. The number of fused-ring (bicyclic) bond motifs is 3. The highest BCUT2D eigenvalue weighted by molar-refractivity contribution is 5.39. The molecular weight excluding hydrogens is 330 g/mol. The van der Waals surface area contributed by atoms with Crippen molar-refractivity contribution in [2.45, 2.75) is 88.1 Å². The summed E-state index contributed by atoms with van der Waals surface area (Å²) in [6.07, 6.45) is 5.27. The number of hydrogen-bond donors (Lipinski definition) is 3. The topological polar surface area (TPSA) is 73.2 Å². The molecule has 0 amide bonds. The van der Waals surface area contributed by atoms with Gasteiger partial charge in [-0.2, -0.15) is 0 Å². The number of ether oxygens (including phenoxy) is 1. The van der Waals surface area contributed by atoms with Crippen molar-refractivity contribution < 1.29 is 20.1 Å². The Labute approximate surface area is 154 Å². The molecule has 0 aromatic heterocycles. The van der Waals surface area contributed by atoms with Crippen LogP contribution >= 0.6 is 0 Å². The highest BCUT2D eigenvalue weighted by Gasteiger charge is 2.90. The van der Waals surface area contributed by atoms with Gasteiger partial charge in [-0.3, -0.25) is 4.90 Å². The van der Waals surface area contributed by atoms with Gasteiger partial charge >= 0.3 is 0 Å². The SMILES string of the molecule is CCN1[C@@H]2O[C@H]3CC[C@]2(C)[C@H]2C[C@@]4(O)[C@@H]1[C@@]32[C@@H]1C[C@@H]2CC[C@@]4(O)[C@H]1[C@H]2O. The number of rotatable bonds is 1. The Hall–Kier alpha value is -0.200. The molecule has 144 valence electrons. The summed E-state index contributed by atoms with van der Waals surface area (Å²) in [6, 6.07) is -0.00238. The summed E-state index contributed by atoms with van der Waals surface area (Å²) in [5.74, 6) is 0.820. The zero-order valence-corrected chi connectivity index (χ0v) is 15.8. The number of nitrogens with zero attached hydrogens (tertiary/aromatic N) is 1. The maximum Gasteiger partial charge on any atom is 0.117 e. The summed E-state index contributed by atoms with van der Waals surface area (Å²) >= 11 is 0. The number of likely N-dealkylation sites (N-methyl/N-ethyl adjacent to an activating group) is 1. The Morgan fingerprint density at radius 2 is 1.96 bits per heavy atom. The number of hydrogen-bond acceptors (Lipinski definition) is 5. The summed E-state index contributed by atoms with van der Waals surface area (Å²) in [5.41, 5.74) is -2.26. The Kier molecular flexibility index (Phi) is 2.45. The molecule has 9 bridgehead atoms. The Bertz CT molecular complexity index is 716. The summed E-state index contributed by atoms with van der Waals surface area (Å²) in [7, 11) is 0. The highest BCUT2D eigenvalue weighted by Crippen LogP contribution is 2.83. The molecule has 9 fully saturated rings. The normalized spacial score (nSPS) is 72.3. The summed E-state index contributed by atoms with van der Waals surface area (Å²) in [5, 5.41) is 35.3. The molecular formula is C21H31NO4. The van der Waals surface area contributed by atoms with Crippen LogP contribution in [0.25, 0.3) is 0 Å². The van der Waals surface area contributed by atoms with E-state index in [4.69, 9.17) is 4.74 Å². The Balaban J connectivity index is 1.56. The van der Waals surface area contributed by atoms with Gasteiger partial charge in [-0.05, 0) is 62.8 Å². The molecule has 4 saturated heterocycles. The lowest BCUT2D eigenvalue weighted by Gasteiger charge is -2.76. The molecule has 0 aromatic rings. The third kappa shape index (κ3) is 1.15. The van der Waals surface area contributed by atoms with Crippen LogP contribution in [0.1, 0.15) is 52.4 Å². The number of piperidine rings is 1. The van der Waals surface area contributed by atoms with Gasteiger partial charge in [-0.1, -0.05) is 13.8 Å². The van der Waals surface area contributed by atoms with Gasteiger partial charge in [0.25, 0.3) is 0 Å². The van der Waals surface area contributed by atoms with Crippen molar-refractivity contribution in [3.05, 3.63) is 0 Å². The average molecular weight is 361 g/mol. The zero-order chi connectivity index (χ0) is 17.9. The molecule has 0 unspecified atom stereocenters. The molecule has 5 nitrogen and oxygen atoms in total. The highest BCUT2D eigenvalue weighted by atomic mass is 16.5. The third-order valence-corrected chi connectivity index (χ3v) is 10.9. The lowest BCUT2D eigenvalue weighted by Crippen LogP contribution is -2.85. The molecule has 5 heteroatoms. The molecule has 26 heavy (non-hydrogen) atoms. The predicted octanol–water partition coefficient (Wildman–Crippen LogP) is 1.10. The molecule has 0 radical (unpaired) electrons. The van der Waals surface area contributed by atoms with Crippen molar-refractivity contribution >= 4 is 0 Å². The van der Waals surface area contributed by atoms with Crippen LogP contribution in [0, 0.1) is 34.5 Å². The van der Waals surface area contributed by atoms with Crippen LogP contribution in [0.5, 0.6) is 0 Å². The third-order valence-electron chi connectivity index (χ3n) is 10.9. The van der Waals surface area contributed by atoms with Crippen molar-refractivity contribution in [3.63, 3.8) is 0 Å². The summed E-state index contributed by atoms with van der Waals surface area (Å²) < 4.78 is 6.71. The molecule has 12 atom stereocenters. The Morgan fingerprint density at radius 3 is 2.73 bits per heavy atom. The van der Waals surface area contributed by atoms with E-state index in [2.05, 4.69) is 18.7 Å². The predicted molar refractivity (Wildman–Crippen MR) is 92.9 cm³/mol. The minimum absolute atomic E-state index is 0.00238. The fourth-order valence-electron chi connectivity index (χ4n) is 10.3. The van der Waals surface area contributed by atoms with Gasteiger partial charge in [0, 0.05) is 16.7 Å². The first-order chi connectivity index (χ1) is 12.3. The minimum Gasteiger partial charge on any atom is -0.392 e. The average Bonchev–Trinajstić information content (AvgIpc) is 3.00.